The van der Waals surface area contributed by atoms with Crippen LogP contribution in [-0.2, 0) is 15.9 Å². The van der Waals surface area contributed by atoms with Crippen LogP contribution in [0.3, 0.4) is 0 Å². The van der Waals surface area contributed by atoms with Gasteiger partial charge in [0.2, 0.25) is 0 Å². The van der Waals surface area contributed by atoms with Gasteiger partial charge in [0.25, 0.3) is 0 Å². The Morgan fingerprint density at radius 1 is 1.39 bits per heavy atom. The second-order valence-electron chi connectivity index (χ2n) is 7.39. The predicted molar refractivity (Wildman–Crippen MR) is 86.6 cm³/mol. The summed E-state index contributed by atoms with van der Waals surface area (Å²) in [5.74, 6) is -0.213. The zero-order valence-electron chi connectivity index (χ0n) is 14.6. The summed E-state index contributed by atoms with van der Waals surface area (Å²) in [5, 5.41) is 0. The van der Waals surface area contributed by atoms with Crippen LogP contribution >= 0.6 is 0 Å². The van der Waals surface area contributed by atoms with Gasteiger partial charge >= 0.3 is 6.09 Å². The van der Waals surface area contributed by atoms with Gasteiger partial charge in [0.05, 0.1) is 12.6 Å². The molecule has 0 aromatic heterocycles. The molecule has 1 amide bonds. The highest BCUT2D eigenvalue weighted by molar-refractivity contribution is 5.69. The molecule has 0 saturated carbocycles. The highest BCUT2D eigenvalue weighted by Crippen LogP contribution is 2.31. The fourth-order valence-electron chi connectivity index (χ4n) is 2.80. The molecule has 0 bridgehead atoms. The largest absolute Gasteiger partial charge is 0.444 e. The number of ether oxygens (including phenoxy) is 2. The first-order chi connectivity index (χ1) is 10.6. The number of rotatable bonds is 3. The Morgan fingerprint density at radius 2 is 2.04 bits per heavy atom. The molecule has 1 aliphatic heterocycles. The molecule has 23 heavy (non-hydrogen) atoms. The second kappa shape index (κ2) is 6.48. The van der Waals surface area contributed by atoms with Gasteiger partial charge < -0.3 is 9.47 Å². The molecule has 4 nitrogen and oxygen atoms in total. The lowest BCUT2D eigenvalue weighted by atomic mass is 10.0. The second-order valence-corrected chi connectivity index (χ2v) is 7.39. The van der Waals surface area contributed by atoms with E-state index in [4.69, 9.17) is 9.47 Å². The molecule has 5 heteroatoms. The number of amides is 1. The van der Waals surface area contributed by atoms with Crippen molar-refractivity contribution in [2.75, 3.05) is 6.61 Å². The molecule has 0 aliphatic carbocycles. The van der Waals surface area contributed by atoms with Crippen LogP contribution in [0.2, 0.25) is 0 Å². The molecule has 128 valence electrons. The molecule has 0 unspecified atom stereocenters. The molecule has 2 rings (SSSR count). The molecule has 1 aromatic carbocycles. The van der Waals surface area contributed by atoms with Crippen molar-refractivity contribution in [2.24, 2.45) is 0 Å². The molecule has 1 aliphatic rings. The van der Waals surface area contributed by atoms with Crippen LogP contribution < -0.4 is 0 Å². The Labute approximate surface area is 137 Å². The Balaban J connectivity index is 2.08. The highest BCUT2D eigenvalue weighted by Gasteiger charge is 2.45. The third kappa shape index (κ3) is 4.44. The Bertz CT molecular complexity index is 566. The number of carbonyl (C=O) groups is 1. The molecule has 0 N–H and O–H groups in total. The Kier molecular flexibility index (Phi) is 4.99. The van der Waals surface area contributed by atoms with Crippen molar-refractivity contribution in [3.63, 3.8) is 0 Å². The number of carbonyl (C=O) groups excluding carboxylic acids is 1. The lowest BCUT2D eigenvalue weighted by molar-refractivity contribution is -0.0626. The van der Waals surface area contributed by atoms with Gasteiger partial charge in [-0.2, -0.15) is 0 Å². The number of hydrogen-bond acceptors (Lipinski definition) is 3. The van der Waals surface area contributed by atoms with E-state index in [0.29, 0.717) is 25.0 Å². The first kappa shape index (κ1) is 17.7. The van der Waals surface area contributed by atoms with Gasteiger partial charge in [0, 0.05) is 0 Å². The summed E-state index contributed by atoms with van der Waals surface area (Å²) >= 11 is 0. The summed E-state index contributed by atoms with van der Waals surface area (Å²) in [5.41, 5.74) is -0.630. The van der Waals surface area contributed by atoms with E-state index in [9.17, 15) is 9.18 Å². The average Bonchev–Trinajstić information content (AvgIpc) is 2.71. The highest BCUT2D eigenvalue weighted by atomic mass is 19.1. The molecular formula is C18H26FNO3. The minimum absolute atomic E-state index is 0.126. The summed E-state index contributed by atoms with van der Waals surface area (Å²) < 4.78 is 25.0. The maximum absolute atomic E-state index is 13.8. The number of benzene rings is 1. The van der Waals surface area contributed by atoms with Crippen molar-refractivity contribution in [1.82, 2.24) is 4.90 Å². The SMILES string of the molecule is CC(C)(C)OC(=O)N1[C@H](CCc2ccccc2F)COC1(C)C. The third-order valence-corrected chi connectivity index (χ3v) is 3.87. The lowest BCUT2D eigenvalue weighted by Gasteiger charge is -2.35. The molecule has 0 radical (unpaired) electrons. The van der Waals surface area contributed by atoms with Crippen molar-refractivity contribution in [3.8, 4) is 0 Å². The number of halogens is 1. The molecule has 1 fully saturated rings. The van der Waals surface area contributed by atoms with E-state index in [2.05, 4.69) is 0 Å². The van der Waals surface area contributed by atoms with E-state index in [1.54, 1.807) is 17.0 Å². The molecule has 1 heterocycles. The maximum Gasteiger partial charge on any atom is 0.412 e. The van der Waals surface area contributed by atoms with Crippen LogP contribution in [0.1, 0.15) is 46.6 Å². The van der Waals surface area contributed by atoms with Crippen molar-refractivity contribution in [1.29, 1.82) is 0 Å². The normalized spacial score (nSPS) is 20.6. The predicted octanol–water partition coefficient (Wildman–Crippen LogP) is 4.13. The quantitative estimate of drug-likeness (QED) is 0.839. The average molecular weight is 323 g/mol. The van der Waals surface area contributed by atoms with Gasteiger partial charge in [-0.3, -0.25) is 4.90 Å². The molecular weight excluding hydrogens is 297 g/mol. The van der Waals surface area contributed by atoms with E-state index < -0.39 is 17.4 Å². The fourth-order valence-corrected chi connectivity index (χ4v) is 2.80. The summed E-state index contributed by atoms with van der Waals surface area (Å²) in [4.78, 5) is 14.2. The third-order valence-electron chi connectivity index (χ3n) is 3.87. The van der Waals surface area contributed by atoms with E-state index in [1.807, 2.05) is 40.7 Å². The number of hydrogen-bond donors (Lipinski definition) is 0. The summed E-state index contributed by atoms with van der Waals surface area (Å²) in [7, 11) is 0. The van der Waals surface area contributed by atoms with Crippen molar-refractivity contribution in [2.45, 2.75) is 64.8 Å². The number of aryl methyl sites for hydroxylation is 1. The van der Waals surface area contributed by atoms with Gasteiger partial charge in [-0.1, -0.05) is 18.2 Å². The molecule has 1 atom stereocenters. The van der Waals surface area contributed by atoms with Crippen LogP contribution in [0.15, 0.2) is 24.3 Å². The van der Waals surface area contributed by atoms with Crippen molar-refractivity contribution in [3.05, 3.63) is 35.6 Å². The molecule has 0 spiro atoms. The molecule has 1 aromatic rings. The fraction of sp³-hybridized carbons (Fsp3) is 0.611. The number of nitrogens with zero attached hydrogens (tertiary/aromatic N) is 1. The first-order valence-electron chi connectivity index (χ1n) is 8.00. The van der Waals surface area contributed by atoms with Gasteiger partial charge in [0.15, 0.2) is 0 Å². The maximum atomic E-state index is 13.8. The summed E-state index contributed by atoms with van der Waals surface area (Å²) in [6.07, 6.45) is 0.790. The van der Waals surface area contributed by atoms with Crippen molar-refractivity contribution >= 4 is 6.09 Å². The monoisotopic (exact) mass is 323 g/mol. The topological polar surface area (TPSA) is 38.8 Å². The van der Waals surface area contributed by atoms with Crippen LogP contribution in [0, 0.1) is 5.82 Å². The zero-order valence-corrected chi connectivity index (χ0v) is 14.6. The smallest absolute Gasteiger partial charge is 0.412 e. The Hall–Kier alpha value is -1.62. The van der Waals surface area contributed by atoms with E-state index in [-0.39, 0.29) is 11.9 Å². The standard InChI is InChI=1S/C18H26FNO3/c1-17(2,3)23-16(21)20-14(12-22-18(20,4)5)11-10-13-8-6-7-9-15(13)19/h6-9,14H,10-12H2,1-5H3/t14-/m1/s1. The minimum Gasteiger partial charge on any atom is -0.444 e. The Morgan fingerprint density at radius 3 is 2.65 bits per heavy atom. The van der Waals surface area contributed by atoms with E-state index in [0.717, 1.165) is 0 Å². The lowest BCUT2D eigenvalue weighted by Crippen LogP contribution is -2.49. The van der Waals surface area contributed by atoms with E-state index in [1.165, 1.54) is 6.07 Å². The van der Waals surface area contributed by atoms with Crippen LogP contribution in [-0.4, -0.2) is 35.0 Å². The summed E-state index contributed by atoms with van der Waals surface area (Å²) in [6.45, 7) is 9.64. The van der Waals surface area contributed by atoms with Gasteiger partial charge in [-0.25, -0.2) is 9.18 Å². The van der Waals surface area contributed by atoms with Crippen LogP contribution in [0.5, 0.6) is 0 Å². The van der Waals surface area contributed by atoms with E-state index >= 15 is 0 Å². The van der Waals surface area contributed by atoms with Crippen LogP contribution in [0.25, 0.3) is 0 Å². The zero-order chi connectivity index (χ0) is 17.3. The van der Waals surface area contributed by atoms with Gasteiger partial charge in [0.1, 0.15) is 17.1 Å². The van der Waals surface area contributed by atoms with Gasteiger partial charge in [-0.05, 0) is 59.1 Å². The first-order valence-corrected chi connectivity index (χ1v) is 8.00. The molecule has 1 saturated heterocycles. The van der Waals surface area contributed by atoms with Gasteiger partial charge in [-0.15, -0.1) is 0 Å². The van der Waals surface area contributed by atoms with Crippen LogP contribution in [0.4, 0.5) is 9.18 Å². The van der Waals surface area contributed by atoms with Crippen molar-refractivity contribution < 1.29 is 18.7 Å². The minimum atomic E-state index is -0.720. The summed E-state index contributed by atoms with van der Waals surface area (Å²) in [6, 6.07) is 6.59.